The maximum atomic E-state index is 12.5. The molecule has 98 valence electrons. The monoisotopic (exact) mass is 239 g/mol. The molecule has 2 amide bonds. The van der Waals surface area contributed by atoms with E-state index >= 15 is 0 Å². The lowest BCUT2D eigenvalue weighted by atomic mass is 9.85. The minimum Gasteiger partial charge on any atom is -0.325 e. The molecule has 0 bridgehead atoms. The zero-order chi connectivity index (χ0) is 12.6. The highest BCUT2D eigenvalue weighted by molar-refractivity contribution is 5.75. The van der Waals surface area contributed by atoms with Crippen LogP contribution in [-0.2, 0) is 0 Å². The summed E-state index contributed by atoms with van der Waals surface area (Å²) in [5.41, 5.74) is -0.00611. The van der Waals surface area contributed by atoms with Crippen molar-refractivity contribution < 1.29 is 4.79 Å². The molecule has 0 aliphatic carbocycles. The number of rotatable bonds is 2. The van der Waals surface area contributed by atoms with Gasteiger partial charge in [-0.3, -0.25) is 0 Å². The van der Waals surface area contributed by atoms with Gasteiger partial charge in [0.05, 0.1) is 0 Å². The minimum atomic E-state index is -0.00611. The third kappa shape index (κ3) is 1.92. The van der Waals surface area contributed by atoms with Crippen LogP contribution in [0.15, 0.2) is 0 Å². The molecule has 0 aromatic rings. The lowest BCUT2D eigenvalue weighted by Gasteiger charge is -2.38. The van der Waals surface area contributed by atoms with Crippen LogP contribution in [0.1, 0.15) is 27.7 Å². The van der Waals surface area contributed by atoms with Gasteiger partial charge in [-0.05, 0) is 39.5 Å². The van der Waals surface area contributed by atoms with Crippen LogP contribution in [0.25, 0.3) is 0 Å². The Morgan fingerprint density at radius 2 is 2.00 bits per heavy atom. The summed E-state index contributed by atoms with van der Waals surface area (Å²) in [7, 11) is 0. The van der Waals surface area contributed by atoms with E-state index in [1.165, 1.54) is 0 Å². The molecule has 2 aliphatic rings. The molecule has 2 fully saturated rings. The fourth-order valence-electron chi connectivity index (χ4n) is 3.41. The Balaban J connectivity index is 2.14. The standard InChI is InChI=1S/C13H25N3O/c1-5-15(6-2)12(17)16-9-10-7-14-8-11(10)13(16,3)4/h10-11,14H,5-9H2,1-4H3. The number of carbonyl (C=O) groups is 1. The van der Waals surface area contributed by atoms with Crippen LogP contribution in [0.2, 0.25) is 0 Å². The van der Waals surface area contributed by atoms with Crippen LogP contribution in [-0.4, -0.2) is 54.1 Å². The van der Waals surface area contributed by atoms with Crippen LogP contribution in [0.3, 0.4) is 0 Å². The molecule has 1 N–H and O–H groups in total. The summed E-state index contributed by atoms with van der Waals surface area (Å²) in [5, 5.41) is 3.44. The van der Waals surface area contributed by atoms with Gasteiger partial charge in [-0.1, -0.05) is 0 Å². The van der Waals surface area contributed by atoms with Crippen LogP contribution in [0.5, 0.6) is 0 Å². The van der Waals surface area contributed by atoms with Crippen LogP contribution < -0.4 is 5.32 Å². The van der Waals surface area contributed by atoms with Crippen molar-refractivity contribution in [2.24, 2.45) is 11.8 Å². The topological polar surface area (TPSA) is 35.6 Å². The van der Waals surface area contributed by atoms with Crippen molar-refractivity contribution in [3.8, 4) is 0 Å². The molecule has 17 heavy (non-hydrogen) atoms. The number of carbonyl (C=O) groups excluding carboxylic acids is 1. The van der Waals surface area contributed by atoms with Crippen LogP contribution in [0.4, 0.5) is 4.79 Å². The van der Waals surface area contributed by atoms with Gasteiger partial charge in [0.2, 0.25) is 0 Å². The average molecular weight is 239 g/mol. The second-order valence-electron chi connectivity index (χ2n) is 5.74. The van der Waals surface area contributed by atoms with E-state index in [9.17, 15) is 4.79 Å². The predicted octanol–water partition coefficient (Wildman–Crippen LogP) is 1.38. The number of nitrogens with one attached hydrogen (secondary N) is 1. The van der Waals surface area contributed by atoms with E-state index in [0.29, 0.717) is 11.8 Å². The number of fused-ring (bicyclic) bond motifs is 1. The number of urea groups is 1. The van der Waals surface area contributed by atoms with E-state index in [1.807, 2.05) is 18.7 Å². The summed E-state index contributed by atoms with van der Waals surface area (Å²) in [5.74, 6) is 1.26. The molecule has 0 aromatic heterocycles. The number of amides is 2. The van der Waals surface area contributed by atoms with E-state index in [0.717, 1.165) is 32.7 Å². The Morgan fingerprint density at radius 3 is 2.53 bits per heavy atom. The maximum absolute atomic E-state index is 12.5. The van der Waals surface area contributed by atoms with Gasteiger partial charge in [0.15, 0.2) is 0 Å². The van der Waals surface area contributed by atoms with Gasteiger partial charge in [-0.15, -0.1) is 0 Å². The smallest absolute Gasteiger partial charge is 0.320 e. The summed E-state index contributed by atoms with van der Waals surface area (Å²) in [6.07, 6.45) is 0. The molecular formula is C13H25N3O. The Hall–Kier alpha value is -0.770. The average Bonchev–Trinajstić information content (AvgIpc) is 2.83. The molecule has 0 aromatic carbocycles. The Morgan fingerprint density at radius 1 is 1.35 bits per heavy atom. The second-order valence-corrected chi connectivity index (χ2v) is 5.74. The molecule has 2 heterocycles. The third-order valence-electron chi connectivity index (χ3n) is 4.62. The van der Waals surface area contributed by atoms with Crippen molar-refractivity contribution >= 4 is 6.03 Å². The normalized spacial score (nSPS) is 30.5. The van der Waals surface area contributed by atoms with E-state index in [-0.39, 0.29) is 11.6 Å². The molecule has 2 rings (SSSR count). The molecule has 4 heteroatoms. The molecule has 0 spiro atoms. The summed E-state index contributed by atoms with van der Waals surface area (Å²) in [4.78, 5) is 16.5. The zero-order valence-corrected chi connectivity index (χ0v) is 11.5. The number of likely N-dealkylation sites (tertiary alicyclic amines) is 1. The largest absolute Gasteiger partial charge is 0.325 e. The SMILES string of the molecule is CCN(CC)C(=O)N1CC2CNCC2C1(C)C. The molecule has 0 saturated carbocycles. The highest BCUT2D eigenvalue weighted by Gasteiger charge is 2.51. The summed E-state index contributed by atoms with van der Waals surface area (Å²) in [6, 6.07) is 0.217. The molecule has 4 nitrogen and oxygen atoms in total. The lowest BCUT2D eigenvalue weighted by molar-refractivity contribution is 0.115. The van der Waals surface area contributed by atoms with E-state index in [2.05, 4.69) is 24.1 Å². The van der Waals surface area contributed by atoms with Crippen molar-refractivity contribution in [3.63, 3.8) is 0 Å². The van der Waals surface area contributed by atoms with Crippen molar-refractivity contribution in [2.45, 2.75) is 33.2 Å². The summed E-state index contributed by atoms with van der Waals surface area (Å²) < 4.78 is 0. The molecule has 2 saturated heterocycles. The van der Waals surface area contributed by atoms with Crippen molar-refractivity contribution in [1.82, 2.24) is 15.1 Å². The molecule has 0 radical (unpaired) electrons. The molecule has 2 unspecified atom stereocenters. The van der Waals surface area contributed by atoms with Crippen molar-refractivity contribution in [1.29, 1.82) is 0 Å². The van der Waals surface area contributed by atoms with E-state index in [1.54, 1.807) is 0 Å². The molecule has 2 aliphatic heterocycles. The number of nitrogens with zero attached hydrogens (tertiary/aromatic N) is 2. The van der Waals surface area contributed by atoms with Crippen LogP contribution >= 0.6 is 0 Å². The van der Waals surface area contributed by atoms with Gasteiger partial charge in [-0.25, -0.2) is 4.79 Å². The first kappa shape index (κ1) is 12.7. The fraction of sp³-hybridized carbons (Fsp3) is 0.923. The highest BCUT2D eigenvalue weighted by atomic mass is 16.2. The highest BCUT2D eigenvalue weighted by Crippen LogP contribution is 2.40. The second kappa shape index (κ2) is 4.48. The van der Waals surface area contributed by atoms with Gasteiger partial charge in [0.1, 0.15) is 0 Å². The fourth-order valence-corrected chi connectivity index (χ4v) is 3.41. The van der Waals surface area contributed by atoms with Gasteiger partial charge < -0.3 is 15.1 Å². The van der Waals surface area contributed by atoms with Gasteiger partial charge in [-0.2, -0.15) is 0 Å². The number of hydrogen-bond acceptors (Lipinski definition) is 2. The van der Waals surface area contributed by atoms with Crippen molar-refractivity contribution in [2.75, 3.05) is 32.7 Å². The van der Waals surface area contributed by atoms with Gasteiger partial charge >= 0.3 is 6.03 Å². The van der Waals surface area contributed by atoms with Crippen molar-refractivity contribution in [3.05, 3.63) is 0 Å². The third-order valence-corrected chi connectivity index (χ3v) is 4.62. The number of hydrogen-bond donors (Lipinski definition) is 1. The van der Waals surface area contributed by atoms with Gasteiger partial charge in [0.25, 0.3) is 0 Å². The van der Waals surface area contributed by atoms with Crippen LogP contribution in [0, 0.1) is 11.8 Å². The first-order chi connectivity index (χ1) is 8.02. The first-order valence-electron chi connectivity index (χ1n) is 6.79. The summed E-state index contributed by atoms with van der Waals surface area (Å²) >= 11 is 0. The van der Waals surface area contributed by atoms with E-state index in [4.69, 9.17) is 0 Å². The molecule has 2 atom stereocenters. The maximum Gasteiger partial charge on any atom is 0.320 e. The lowest BCUT2D eigenvalue weighted by Crippen LogP contribution is -2.52. The van der Waals surface area contributed by atoms with E-state index < -0.39 is 0 Å². The minimum absolute atomic E-state index is 0.00611. The predicted molar refractivity (Wildman–Crippen MR) is 69.0 cm³/mol. The zero-order valence-electron chi connectivity index (χ0n) is 11.5. The quantitative estimate of drug-likeness (QED) is 0.790. The Labute approximate surface area is 104 Å². The van der Waals surface area contributed by atoms with Gasteiger partial charge in [0, 0.05) is 38.3 Å². The Kier molecular flexibility index (Phi) is 3.34. The Bertz CT molecular complexity index is 299. The first-order valence-corrected chi connectivity index (χ1v) is 6.79. The molecular weight excluding hydrogens is 214 g/mol. The summed E-state index contributed by atoms with van der Waals surface area (Å²) in [6.45, 7) is 13.2.